The molecule has 0 unspecified atom stereocenters. The molecule has 0 saturated carbocycles. The van der Waals surface area contributed by atoms with Crippen LogP contribution in [0.25, 0.3) is 22.5 Å². The molecule has 2 aromatic heterocycles. The van der Waals surface area contributed by atoms with Gasteiger partial charge in [0.25, 0.3) is 0 Å². The molecule has 0 radical (unpaired) electrons. The number of aromatic nitrogens is 2. The van der Waals surface area contributed by atoms with Crippen molar-refractivity contribution in [1.82, 2.24) is 9.97 Å². The molecule has 0 bridgehead atoms. The third-order valence-electron chi connectivity index (χ3n) is 5.59. The second kappa shape index (κ2) is 12.1. The van der Waals surface area contributed by atoms with Crippen LogP contribution in [0.2, 0.25) is 0 Å². The van der Waals surface area contributed by atoms with Gasteiger partial charge in [-0.3, -0.25) is 9.55 Å². The monoisotopic (exact) mass is 456 g/mol. The Hall–Kier alpha value is -2.27. The Labute approximate surface area is 190 Å². The van der Waals surface area contributed by atoms with Crippen molar-refractivity contribution in [1.29, 1.82) is 0 Å². The summed E-state index contributed by atoms with van der Waals surface area (Å²) in [4.78, 5) is 27.1. The number of unbranched alkanes of at least 4 members (excludes halogenated alkanes) is 5. The third kappa shape index (κ3) is 7.70. The van der Waals surface area contributed by atoms with Gasteiger partial charge in [0.1, 0.15) is 17.7 Å². The Kier molecular flexibility index (Phi) is 9.22. The van der Waals surface area contributed by atoms with Crippen molar-refractivity contribution < 1.29 is 18.8 Å². The Morgan fingerprint density at radius 1 is 0.906 bits per heavy atom. The molecule has 0 aliphatic heterocycles. The van der Waals surface area contributed by atoms with Crippen LogP contribution < -0.4 is 0 Å². The first kappa shape index (κ1) is 24.4. The van der Waals surface area contributed by atoms with Crippen LogP contribution in [0.3, 0.4) is 0 Å². The first-order valence-corrected chi connectivity index (χ1v) is 13.3. The van der Waals surface area contributed by atoms with Crippen molar-refractivity contribution in [2.75, 3.05) is 6.16 Å². The van der Waals surface area contributed by atoms with Gasteiger partial charge in [0.2, 0.25) is 0 Å². The number of hydrogen-bond donors (Lipinski definition) is 2. The van der Waals surface area contributed by atoms with Crippen LogP contribution in [0.5, 0.6) is 0 Å². The highest BCUT2D eigenvalue weighted by Crippen LogP contribution is 2.35. The molecule has 0 fully saturated rings. The number of oxazole rings is 1. The zero-order valence-electron chi connectivity index (χ0n) is 18.7. The summed E-state index contributed by atoms with van der Waals surface area (Å²) in [6, 6.07) is 12.8. The maximum Gasteiger partial charge on any atom is 0.325 e. The summed E-state index contributed by atoms with van der Waals surface area (Å²) < 4.78 is 16.2. The Morgan fingerprint density at radius 3 is 2.34 bits per heavy atom. The maximum absolute atomic E-state index is 11.0. The zero-order valence-corrected chi connectivity index (χ0v) is 19.6. The van der Waals surface area contributed by atoms with Gasteiger partial charge < -0.3 is 14.2 Å². The van der Waals surface area contributed by atoms with Gasteiger partial charge in [-0.15, -0.1) is 0 Å². The summed E-state index contributed by atoms with van der Waals surface area (Å²) in [5.74, 6) is 0. The first-order chi connectivity index (χ1) is 15.5. The van der Waals surface area contributed by atoms with E-state index in [2.05, 4.69) is 42.2 Å². The predicted molar refractivity (Wildman–Crippen MR) is 127 cm³/mol. The molecule has 32 heavy (non-hydrogen) atoms. The Morgan fingerprint density at radius 2 is 1.66 bits per heavy atom. The number of nitrogens with zero attached hydrogens (tertiary/aromatic N) is 2. The van der Waals surface area contributed by atoms with Crippen molar-refractivity contribution >= 4 is 7.60 Å². The number of pyridine rings is 1. The summed E-state index contributed by atoms with van der Waals surface area (Å²) in [5, 5.41) is 0. The minimum atomic E-state index is -3.91. The van der Waals surface area contributed by atoms with Crippen LogP contribution >= 0.6 is 7.60 Å². The Bertz CT molecular complexity index is 997. The highest BCUT2D eigenvalue weighted by molar-refractivity contribution is 7.51. The summed E-state index contributed by atoms with van der Waals surface area (Å²) in [6.45, 7) is 2.23. The van der Waals surface area contributed by atoms with Crippen molar-refractivity contribution in [3.63, 3.8) is 0 Å². The van der Waals surface area contributed by atoms with E-state index in [0.29, 0.717) is 12.1 Å². The topological polar surface area (TPSA) is 96.5 Å². The summed E-state index contributed by atoms with van der Waals surface area (Å²) in [5.41, 5.74) is 5.90. The molecule has 0 amide bonds. The van der Waals surface area contributed by atoms with Crippen LogP contribution in [0.4, 0.5) is 0 Å². The van der Waals surface area contributed by atoms with E-state index in [-0.39, 0.29) is 6.16 Å². The van der Waals surface area contributed by atoms with Gasteiger partial charge in [-0.2, -0.15) is 0 Å². The molecular weight excluding hydrogens is 423 g/mol. The normalized spacial score (nSPS) is 11.7. The van der Waals surface area contributed by atoms with Crippen LogP contribution in [0.1, 0.15) is 63.1 Å². The lowest BCUT2D eigenvalue weighted by molar-refractivity contribution is 0.371. The number of rotatable bonds is 13. The second-order valence-corrected chi connectivity index (χ2v) is 10.1. The van der Waals surface area contributed by atoms with Crippen molar-refractivity contribution in [2.24, 2.45) is 0 Å². The lowest BCUT2D eigenvalue weighted by Gasteiger charge is -2.11. The SMILES string of the molecule is CCCCCCc1ccc(-c2ccc(CCCCCP(=O)(O)O)nc2-c2cocn2)cc1. The fourth-order valence-electron chi connectivity index (χ4n) is 3.80. The van der Waals surface area contributed by atoms with Gasteiger partial charge in [0, 0.05) is 17.4 Å². The van der Waals surface area contributed by atoms with Gasteiger partial charge in [0.05, 0.1) is 0 Å². The van der Waals surface area contributed by atoms with E-state index in [1.807, 2.05) is 6.07 Å². The summed E-state index contributed by atoms with van der Waals surface area (Å²) in [7, 11) is -3.91. The molecular formula is C25H33N2O4P. The van der Waals surface area contributed by atoms with E-state index in [1.54, 1.807) is 6.26 Å². The summed E-state index contributed by atoms with van der Waals surface area (Å²) in [6.07, 6.45) is 12.0. The highest BCUT2D eigenvalue weighted by Gasteiger charge is 2.14. The minimum Gasteiger partial charge on any atom is -0.451 e. The molecule has 3 rings (SSSR count). The van der Waals surface area contributed by atoms with Crippen molar-refractivity contribution in [3.8, 4) is 22.5 Å². The molecule has 0 aliphatic carbocycles. The number of hydrogen-bond acceptors (Lipinski definition) is 4. The van der Waals surface area contributed by atoms with E-state index < -0.39 is 7.60 Å². The minimum absolute atomic E-state index is 0.0574. The van der Waals surface area contributed by atoms with E-state index in [0.717, 1.165) is 48.2 Å². The molecule has 0 saturated heterocycles. The molecule has 3 aromatic rings. The molecule has 0 atom stereocenters. The van der Waals surface area contributed by atoms with Gasteiger partial charge in [-0.1, -0.05) is 62.9 Å². The van der Waals surface area contributed by atoms with E-state index in [1.165, 1.54) is 37.6 Å². The van der Waals surface area contributed by atoms with Crippen LogP contribution in [-0.2, 0) is 17.4 Å². The Balaban J connectivity index is 1.70. The maximum atomic E-state index is 11.0. The van der Waals surface area contributed by atoms with Crippen molar-refractivity contribution in [3.05, 3.63) is 60.3 Å². The fraction of sp³-hybridized carbons (Fsp3) is 0.440. The molecule has 0 spiro atoms. The average molecular weight is 457 g/mol. The van der Waals surface area contributed by atoms with Gasteiger partial charge in [-0.25, -0.2) is 4.98 Å². The molecule has 0 aliphatic rings. The molecule has 2 heterocycles. The van der Waals surface area contributed by atoms with Crippen LogP contribution in [-0.4, -0.2) is 25.9 Å². The molecule has 2 N–H and O–H groups in total. The van der Waals surface area contributed by atoms with E-state index >= 15 is 0 Å². The second-order valence-electron chi connectivity index (χ2n) is 8.28. The number of benzene rings is 1. The molecule has 7 heteroatoms. The molecule has 6 nitrogen and oxygen atoms in total. The first-order valence-electron chi connectivity index (χ1n) is 11.5. The van der Waals surface area contributed by atoms with E-state index in [9.17, 15) is 4.57 Å². The molecule has 172 valence electrons. The largest absolute Gasteiger partial charge is 0.451 e. The van der Waals surface area contributed by atoms with Gasteiger partial charge in [-0.05, 0) is 49.3 Å². The summed E-state index contributed by atoms with van der Waals surface area (Å²) >= 11 is 0. The standard InChI is InChI=1S/C25H33N2O4P/c1-2-3-4-6-9-20-11-13-21(14-12-20)23-16-15-22(10-7-5-8-17-32(28,29)30)27-25(23)24-18-31-19-26-24/h11-16,18-19H,2-10,17H2,1H3,(H2,28,29,30). The highest BCUT2D eigenvalue weighted by atomic mass is 31.2. The fourth-order valence-corrected chi connectivity index (χ4v) is 4.44. The quantitative estimate of drug-likeness (QED) is 0.228. The van der Waals surface area contributed by atoms with Crippen molar-refractivity contribution in [2.45, 2.75) is 64.7 Å². The molecule has 1 aromatic carbocycles. The van der Waals surface area contributed by atoms with Gasteiger partial charge >= 0.3 is 7.60 Å². The predicted octanol–water partition coefficient (Wildman–Crippen LogP) is 6.42. The smallest absolute Gasteiger partial charge is 0.325 e. The van der Waals surface area contributed by atoms with Crippen LogP contribution in [0, 0.1) is 0 Å². The third-order valence-corrected chi connectivity index (χ3v) is 6.49. The van der Waals surface area contributed by atoms with E-state index in [4.69, 9.17) is 19.2 Å². The lowest BCUT2D eigenvalue weighted by atomic mass is 9.98. The number of aryl methyl sites for hydroxylation is 2. The average Bonchev–Trinajstić information content (AvgIpc) is 3.31. The van der Waals surface area contributed by atoms with Crippen LogP contribution in [0.15, 0.2) is 53.5 Å². The van der Waals surface area contributed by atoms with Gasteiger partial charge in [0.15, 0.2) is 6.39 Å². The lowest BCUT2D eigenvalue weighted by Crippen LogP contribution is -1.97. The zero-order chi connectivity index (χ0) is 22.8.